The SMILES string of the molecule is C[C@@H]1CN(Cc2ccccc2)C[C@H]1C(=O)NCc1ncnn1C. The number of amides is 1. The van der Waals surface area contributed by atoms with Crippen molar-refractivity contribution in [2.75, 3.05) is 13.1 Å². The fourth-order valence-electron chi connectivity index (χ4n) is 3.16. The number of benzene rings is 1. The third-order valence-electron chi connectivity index (χ3n) is 4.50. The number of nitrogens with one attached hydrogen (secondary N) is 1. The number of carbonyl (C=O) groups is 1. The first-order valence-corrected chi connectivity index (χ1v) is 8.00. The van der Waals surface area contributed by atoms with Crippen molar-refractivity contribution in [2.45, 2.75) is 20.0 Å². The maximum atomic E-state index is 12.5. The van der Waals surface area contributed by atoms with Gasteiger partial charge in [0, 0.05) is 26.7 Å². The molecule has 1 aromatic carbocycles. The molecule has 0 spiro atoms. The Balaban J connectivity index is 1.53. The molecular weight excluding hydrogens is 290 g/mol. The van der Waals surface area contributed by atoms with Crippen LogP contribution in [0.3, 0.4) is 0 Å². The van der Waals surface area contributed by atoms with Gasteiger partial charge in [-0.05, 0) is 11.5 Å². The number of nitrogens with zero attached hydrogens (tertiary/aromatic N) is 4. The molecule has 0 radical (unpaired) electrons. The van der Waals surface area contributed by atoms with Crippen molar-refractivity contribution in [3.63, 3.8) is 0 Å². The van der Waals surface area contributed by atoms with E-state index in [1.54, 1.807) is 4.68 Å². The first kappa shape index (κ1) is 15.7. The molecule has 6 heteroatoms. The van der Waals surface area contributed by atoms with Crippen LogP contribution in [0.1, 0.15) is 18.3 Å². The van der Waals surface area contributed by atoms with Gasteiger partial charge in [0.25, 0.3) is 0 Å². The van der Waals surface area contributed by atoms with Gasteiger partial charge in [0.2, 0.25) is 5.91 Å². The van der Waals surface area contributed by atoms with E-state index in [0.29, 0.717) is 12.5 Å². The maximum absolute atomic E-state index is 12.5. The highest BCUT2D eigenvalue weighted by Crippen LogP contribution is 2.24. The molecule has 1 amide bonds. The monoisotopic (exact) mass is 313 g/mol. The molecule has 1 fully saturated rings. The predicted molar refractivity (Wildman–Crippen MR) is 87.2 cm³/mol. The van der Waals surface area contributed by atoms with E-state index in [9.17, 15) is 4.79 Å². The van der Waals surface area contributed by atoms with Crippen LogP contribution in [-0.2, 0) is 24.9 Å². The van der Waals surface area contributed by atoms with Crippen LogP contribution in [0.25, 0.3) is 0 Å². The van der Waals surface area contributed by atoms with E-state index in [1.165, 1.54) is 11.9 Å². The quantitative estimate of drug-likeness (QED) is 0.901. The number of aryl methyl sites for hydroxylation is 1. The molecule has 2 aromatic rings. The third kappa shape index (κ3) is 3.76. The molecule has 1 aliphatic rings. The molecule has 0 aliphatic carbocycles. The first-order valence-electron chi connectivity index (χ1n) is 8.00. The summed E-state index contributed by atoms with van der Waals surface area (Å²) in [6, 6.07) is 10.4. The van der Waals surface area contributed by atoms with Gasteiger partial charge < -0.3 is 5.32 Å². The Hall–Kier alpha value is -2.21. The lowest BCUT2D eigenvalue weighted by Crippen LogP contribution is -2.34. The van der Waals surface area contributed by atoms with Crippen molar-refractivity contribution in [1.82, 2.24) is 25.0 Å². The second kappa shape index (κ2) is 6.91. The van der Waals surface area contributed by atoms with Crippen LogP contribution in [0, 0.1) is 11.8 Å². The van der Waals surface area contributed by atoms with Crippen molar-refractivity contribution >= 4 is 5.91 Å². The molecule has 6 nitrogen and oxygen atoms in total. The van der Waals surface area contributed by atoms with E-state index in [1.807, 2.05) is 13.1 Å². The molecule has 1 aromatic heterocycles. The molecule has 0 bridgehead atoms. The Morgan fingerprint density at radius 1 is 1.30 bits per heavy atom. The van der Waals surface area contributed by atoms with Crippen LogP contribution in [0.5, 0.6) is 0 Å². The minimum Gasteiger partial charge on any atom is -0.349 e. The van der Waals surface area contributed by atoms with Crippen LogP contribution in [0.2, 0.25) is 0 Å². The third-order valence-corrected chi connectivity index (χ3v) is 4.50. The van der Waals surface area contributed by atoms with Crippen LogP contribution < -0.4 is 5.32 Å². The summed E-state index contributed by atoms with van der Waals surface area (Å²) in [5.41, 5.74) is 1.29. The topological polar surface area (TPSA) is 63.1 Å². The number of aromatic nitrogens is 3. The second-order valence-corrected chi connectivity index (χ2v) is 6.28. The largest absolute Gasteiger partial charge is 0.349 e. The lowest BCUT2D eigenvalue weighted by molar-refractivity contribution is -0.125. The van der Waals surface area contributed by atoms with Crippen molar-refractivity contribution < 1.29 is 4.79 Å². The predicted octanol–water partition coefficient (Wildman–Crippen LogP) is 1.20. The lowest BCUT2D eigenvalue weighted by atomic mass is 9.97. The van der Waals surface area contributed by atoms with E-state index in [-0.39, 0.29) is 11.8 Å². The molecule has 1 aliphatic heterocycles. The van der Waals surface area contributed by atoms with Crippen LogP contribution in [0.4, 0.5) is 0 Å². The standard InChI is InChI=1S/C17H23N5O/c1-13-9-22(10-14-6-4-3-5-7-14)11-15(13)17(23)18-8-16-19-12-20-21(16)2/h3-7,12-13,15H,8-11H2,1-2H3,(H,18,23)/t13-,15-/m1/s1. The summed E-state index contributed by atoms with van der Waals surface area (Å²) in [6.07, 6.45) is 1.50. The highest BCUT2D eigenvalue weighted by atomic mass is 16.2. The van der Waals surface area contributed by atoms with Gasteiger partial charge in [-0.25, -0.2) is 4.98 Å². The summed E-state index contributed by atoms with van der Waals surface area (Å²) in [5, 5.41) is 7.01. The lowest BCUT2D eigenvalue weighted by Gasteiger charge is -2.16. The second-order valence-electron chi connectivity index (χ2n) is 6.28. The fourth-order valence-corrected chi connectivity index (χ4v) is 3.16. The molecule has 122 valence electrons. The zero-order valence-corrected chi connectivity index (χ0v) is 13.6. The van der Waals surface area contributed by atoms with Gasteiger partial charge in [0.15, 0.2) is 0 Å². The fraction of sp³-hybridized carbons (Fsp3) is 0.471. The molecule has 23 heavy (non-hydrogen) atoms. The number of carbonyl (C=O) groups excluding carboxylic acids is 1. The normalized spacial score (nSPS) is 21.5. The van der Waals surface area contributed by atoms with E-state index in [2.05, 4.69) is 51.5 Å². The summed E-state index contributed by atoms with van der Waals surface area (Å²) in [7, 11) is 1.83. The Kier molecular flexibility index (Phi) is 4.71. The van der Waals surface area contributed by atoms with Gasteiger partial charge >= 0.3 is 0 Å². The Labute approximate surface area is 136 Å². The molecule has 0 saturated carbocycles. The van der Waals surface area contributed by atoms with E-state index >= 15 is 0 Å². The zero-order chi connectivity index (χ0) is 16.2. The Bertz CT molecular complexity index is 654. The maximum Gasteiger partial charge on any atom is 0.225 e. The molecule has 0 unspecified atom stereocenters. The van der Waals surface area contributed by atoms with E-state index in [4.69, 9.17) is 0 Å². The molecule has 2 atom stereocenters. The molecule has 1 saturated heterocycles. The average Bonchev–Trinajstić information content (AvgIpc) is 3.12. The van der Waals surface area contributed by atoms with E-state index in [0.717, 1.165) is 25.5 Å². The number of hydrogen-bond donors (Lipinski definition) is 1. The summed E-state index contributed by atoms with van der Waals surface area (Å²) in [5.74, 6) is 1.27. The minimum atomic E-state index is 0.0342. The molecule has 1 N–H and O–H groups in total. The van der Waals surface area contributed by atoms with Crippen molar-refractivity contribution in [1.29, 1.82) is 0 Å². The highest BCUT2D eigenvalue weighted by molar-refractivity contribution is 5.79. The number of hydrogen-bond acceptors (Lipinski definition) is 4. The minimum absolute atomic E-state index is 0.0342. The zero-order valence-electron chi connectivity index (χ0n) is 13.6. The number of likely N-dealkylation sites (tertiary alicyclic amines) is 1. The van der Waals surface area contributed by atoms with Gasteiger partial charge in [0.1, 0.15) is 12.2 Å². The van der Waals surface area contributed by atoms with Crippen molar-refractivity contribution in [3.8, 4) is 0 Å². The first-order chi connectivity index (χ1) is 11.1. The van der Waals surface area contributed by atoms with Crippen LogP contribution in [-0.4, -0.2) is 38.7 Å². The summed E-state index contributed by atoms with van der Waals surface area (Å²) in [4.78, 5) is 18.9. The Morgan fingerprint density at radius 3 is 2.78 bits per heavy atom. The highest BCUT2D eigenvalue weighted by Gasteiger charge is 2.34. The van der Waals surface area contributed by atoms with Crippen LogP contribution >= 0.6 is 0 Å². The van der Waals surface area contributed by atoms with Gasteiger partial charge in [-0.2, -0.15) is 5.10 Å². The van der Waals surface area contributed by atoms with Crippen molar-refractivity contribution in [2.24, 2.45) is 18.9 Å². The smallest absolute Gasteiger partial charge is 0.225 e. The molecular formula is C17H23N5O. The summed E-state index contributed by atoms with van der Waals surface area (Å²) < 4.78 is 1.68. The molecule has 2 heterocycles. The van der Waals surface area contributed by atoms with Gasteiger partial charge in [-0.1, -0.05) is 37.3 Å². The average molecular weight is 313 g/mol. The molecule has 3 rings (SSSR count). The van der Waals surface area contributed by atoms with E-state index < -0.39 is 0 Å². The van der Waals surface area contributed by atoms with Crippen LogP contribution in [0.15, 0.2) is 36.7 Å². The van der Waals surface area contributed by atoms with Gasteiger partial charge in [0.05, 0.1) is 12.5 Å². The summed E-state index contributed by atoms with van der Waals surface area (Å²) in [6.45, 7) is 5.24. The Morgan fingerprint density at radius 2 is 2.09 bits per heavy atom. The van der Waals surface area contributed by atoms with Crippen molar-refractivity contribution in [3.05, 3.63) is 48.0 Å². The van der Waals surface area contributed by atoms with Gasteiger partial charge in [-0.3, -0.25) is 14.4 Å². The number of rotatable bonds is 5. The summed E-state index contributed by atoms with van der Waals surface area (Å²) >= 11 is 0. The van der Waals surface area contributed by atoms with Gasteiger partial charge in [-0.15, -0.1) is 0 Å².